The van der Waals surface area contributed by atoms with Crippen molar-refractivity contribution in [2.75, 3.05) is 13.1 Å². The van der Waals surface area contributed by atoms with E-state index in [4.69, 9.17) is 0 Å². The molecule has 1 aromatic rings. The van der Waals surface area contributed by atoms with Gasteiger partial charge in [0, 0.05) is 17.6 Å². The monoisotopic (exact) mass is 210 g/mol. The van der Waals surface area contributed by atoms with Crippen LogP contribution in [-0.4, -0.2) is 24.0 Å². The van der Waals surface area contributed by atoms with Gasteiger partial charge in [-0.2, -0.15) is 0 Å². The summed E-state index contributed by atoms with van der Waals surface area (Å²) in [5, 5.41) is 7.59. The van der Waals surface area contributed by atoms with Gasteiger partial charge in [0.2, 0.25) is 0 Å². The molecule has 5 heteroatoms. The van der Waals surface area contributed by atoms with E-state index in [2.05, 4.69) is 34.5 Å². The fourth-order valence-corrected chi connectivity index (χ4v) is 2.11. The minimum Gasteiger partial charge on any atom is -0.355 e. The normalized spacial score (nSPS) is 17.4. The van der Waals surface area contributed by atoms with Crippen molar-refractivity contribution in [1.29, 1.82) is 0 Å². The van der Waals surface area contributed by atoms with Crippen LogP contribution < -0.4 is 10.6 Å². The summed E-state index contributed by atoms with van der Waals surface area (Å²) in [5.74, 6) is 0.894. The van der Waals surface area contributed by atoms with Gasteiger partial charge < -0.3 is 10.6 Å². The molecule has 0 amide bonds. The van der Waals surface area contributed by atoms with Crippen LogP contribution in [0.5, 0.6) is 0 Å². The molecule has 0 fully saturated rings. The minimum absolute atomic E-state index is 0.234. The summed E-state index contributed by atoms with van der Waals surface area (Å²) in [7, 11) is 0. The molecule has 2 rings (SSSR count). The average Bonchev–Trinajstić information content (AvgIpc) is 2.75. The van der Waals surface area contributed by atoms with Gasteiger partial charge in [0.25, 0.3) is 0 Å². The fourth-order valence-electron chi connectivity index (χ4n) is 1.33. The third kappa shape index (κ3) is 2.04. The molecule has 0 radical (unpaired) electrons. The second-order valence-corrected chi connectivity index (χ2v) is 4.60. The second-order valence-electron chi connectivity index (χ2n) is 3.33. The highest BCUT2D eigenvalue weighted by atomic mass is 32.1. The molecule has 0 saturated heterocycles. The maximum absolute atomic E-state index is 4.33. The fraction of sp³-hybridized carbons (Fsp3) is 0.556. The van der Waals surface area contributed by atoms with Crippen LogP contribution >= 0.6 is 11.3 Å². The van der Waals surface area contributed by atoms with Crippen molar-refractivity contribution >= 4 is 17.3 Å². The lowest BCUT2D eigenvalue weighted by atomic mass is 10.4. The van der Waals surface area contributed by atoms with Gasteiger partial charge in [-0.3, -0.25) is 4.99 Å². The Kier molecular flexibility index (Phi) is 2.67. The molecule has 4 nitrogen and oxygen atoms in total. The highest BCUT2D eigenvalue weighted by Gasteiger charge is 2.12. The molecule has 2 N–H and O–H groups in total. The van der Waals surface area contributed by atoms with E-state index in [1.807, 2.05) is 6.20 Å². The molecule has 1 atom stereocenters. The molecule has 1 aliphatic heterocycles. The number of aryl methyl sites for hydroxylation is 1. The van der Waals surface area contributed by atoms with E-state index in [0.717, 1.165) is 24.1 Å². The summed E-state index contributed by atoms with van der Waals surface area (Å²) in [4.78, 5) is 9.86. The van der Waals surface area contributed by atoms with Gasteiger partial charge in [-0.25, -0.2) is 4.98 Å². The van der Waals surface area contributed by atoms with Gasteiger partial charge in [-0.05, 0) is 13.8 Å². The Morgan fingerprint density at radius 3 is 3.07 bits per heavy atom. The number of hydrogen-bond donors (Lipinski definition) is 2. The largest absolute Gasteiger partial charge is 0.355 e. The van der Waals surface area contributed by atoms with E-state index < -0.39 is 0 Å². The first-order valence-electron chi connectivity index (χ1n) is 4.73. The Labute approximate surface area is 87.5 Å². The molecule has 14 heavy (non-hydrogen) atoms. The topological polar surface area (TPSA) is 49.3 Å². The molecule has 0 saturated carbocycles. The van der Waals surface area contributed by atoms with E-state index in [9.17, 15) is 0 Å². The zero-order chi connectivity index (χ0) is 9.97. The maximum Gasteiger partial charge on any atom is 0.191 e. The number of thiazole rings is 1. The third-order valence-corrected chi connectivity index (χ3v) is 3.13. The summed E-state index contributed by atoms with van der Waals surface area (Å²) in [6.07, 6.45) is 1.90. The molecule has 0 aliphatic carbocycles. The van der Waals surface area contributed by atoms with Crippen molar-refractivity contribution in [3.63, 3.8) is 0 Å². The van der Waals surface area contributed by atoms with Crippen molar-refractivity contribution in [2.45, 2.75) is 19.9 Å². The minimum atomic E-state index is 0.234. The van der Waals surface area contributed by atoms with E-state index in [-0.39, 0.29) is 6.04 Å². The first-order valence-corrected chi connectivity index (χ1v) is 5.54. The number of nitrogens with one attached hydrogen (secondary N) is 2. The van der Waals surface area contributed by atoms with Crippen LogP contribution in [0.2, 0.25) is 0 Å². The Hall–Kier alpha value is -1.10. The highest BCUT2D eigenvalue weighted by molar-refractivity contribution is 7.11. The molecule has 1 aliphatic rings. The van der Waals surface area contributed by atoms with Crippen LogP contribution in [0.25, 0.3) is 0 Å². The third-order valence-electron chi connectivity index (χ3n) is 2.04. The second kappa shape index (κ2) is 3.96. The van der Waals surface area contributed by atoms with Crippen LogP contribution in [0.4, 0.5) is 0 Å². The summed E-state index contributed by atoms with van der Waals surface area (Å²) < 4.78 is 0. The van der Waals surface area contributed by atoms with Gasteiger partial charge in [0.05, 0.1) is 12.6 Å². The van der Waals surface area contributed by atoms with Crippen molar-refractivity contribution in [3.05, 3.63) is 16.1 Å². The van der Waals surface area contributed by atoms with Crippen LogP contribution in [0.15, 0.2) is 11.2 Å². The molecule has 2 heterocycles. The lowest BCUT2D eigenvalue weighted by Crippen LogP contribution is -2.35. The summed E-state index contributed by atoms with van der Waals surface area (Å²) >= 11 is 1.72. The maximum atomic E-state index is 4.33. The van der Waals surface area contributed by atoms with Crippen LogP contribution in [0.1, 0.15) is 22.9 Å². The number of aliphatic imine (C=N–C) groups is 1. The quantitative estimate of drug-likeness (QED) is 0.767. The summed E-state index contributed by atoms with van der Waals surface area (Å²) in [5.41, 5.74) is 0. The number of hydrogen-bond acceptors (Lipinski definition) is 5. The Bertz CT molecular complexity index is 344. The summed E-state index contributed by atoms with van der Waals surface area (Å²) in [6, 6.07) is 0.234. The molecule has 0 spiro atoms. The van der Waals surface area contributed by atoms with E-state index >= 15 is 0 Å². The lowest BCUT2D eigenvalue weighted by Gasteiger charge is -2.12. The first kappa shape index (κ1) is 9.45. The Balaban J connectivity index is 1.98. The van der Waals surface area contributed by atoms with E-state index in [1.54, 1.807) is 11.3 Å². The van der Waals surface area contributed by atoms with Crippen LogP contribution in [0.3, 0.4) is 0 Å². The highest BCUT2D eigenvalue weighted by Crippen LogP contribution is 2.18. The standard InChI is InChI=1S/C9H14N4S/c1-6-5-12-8(14-6)7(2)13-9-10-3-4-11-9/h5,7H,3-4H2,1-2H3,(H2,10,11,13). The predicted octanol–water partition coefficient (Wildman–Crippen LogP) is 1.06. The van der Waals surface area contributed by atoms with Gasteiger partial charge in [-0.15, -0.1) is 11.3 Å². The molecular weight excluding hydrogens is 196 g/mol. The Morgan fingerprint density at radius 1 is 1.64 bits per heavy atom. The lowest BCUT2D eigenvalue weighted by molar-refractivity contribution is 0.696. The van der Waals surface area contributed by atoms with Gasteiger partial charge in [-0.1, -0.05) is 0 Å². The van der Waals surface area contributed by atoms with Crippen molar-refractivity contribution in [2.24, 2.45) is 4.99 Å². The van der Waals surface area contributed by atoms with Crippen molar-refractivity contribution in [1.82, 2.24) is 15.6 Å². The van der Waals surface area contributed by atoms with Gasteiger partial charge in [0.15, 0.2) is 5.96 Å². The van der Waals surface area contributed by atoms with Gasteiger partial charge in [0.1, 0.15) is 5.01 Å². The SMILES string of the molecule is Cc1cnc(C(C)NC2=NCCN2)s1. The number of nitrogens with zero attached hydrogens (tertiary/aromatic N) is 2. The van der Waals surface area contributed by atoms with E-state index in [0.29, 0.717) is 0 Å². The number of aromatic nitrogens is 1. The van der Waals surface area contributed by atoms with Crippen LogP contribution in [0, 0.1) is 6.92 Å². The molecule has 1 unspecified atom stereocenters. The van der Waals surface area contributed by atoms with Crippen molar-refractivity contribution < 1.29 is 0 Å². The van der Waals surface area contributed by atoms with Gasteiger partial charge >= 0.3 is 0 Å². The van der Waals surface area contributed by atoms with E-state index in [1.165, 1.54) is 4.88 Å². The van der Waals surface area contributed by atoms with Crippen LogP contribution in [-0.2, 0) is 0 Å². The number of rotatable bonds is 2. The molecular formula is C9H14N4S. The predicted molar refractivity (Wildman–Crippen MR) is 58.7 cm³/mol. The summed E-state index contributed by atoms with van der Waals surface area (Å²) in [6.45, 7) is 5.97. The molecule has 76 valence electrons. The first-order chi connectivity index (χ1) is 6.75. The average molecular weight is 210 g/mol. The van der Waals surface area contributed by atoms with Crippen molar-refractivity contribution in [3.8, 4) is 0 Å². The zero-order valence-corrected chi connectivity index (χ0v) is 9.19. The molecule has 0 aromatic carbocycles. The Morgan fingerprint density at radius 2 is 2.50 bits per heavy atom. The smallest absolute Gasteiger partial charge is 0.191 e. The number of guanidine groups is 1. The zero-order valence-electron chi connectivity index (χ0n) is 8.37. The molecule has 0 bridgehead atoms. The molecule has 1 aromatic heterocycles.